The first kappa shape index (κ1) is 9.65. The maximum absolute atomic E-state index is 5.53. The minimum absolute atomic E-state index is 0.00730. The van der Waals surface area contributed by atoms with E-state index in [9.17, 15) is 0 Å². The van der Waals surface area contributed by atoms with E-state index in [1.165, 1.54) is 0 Å². The highest BCUT2D eigenvalue weighted by Gasteiger charge is 2.25. The molecule has 0 spiro atoms. The molecule has 1 atom stereocenters. The van der Waals surface area contributed by atoms with Crippen molar-refractivity contribution < 1.29 is 4.74 Å². The molecule has 14 heavy (non-hydrogen) atoms. The first-order valence-electron chi connectivity index (χ1n) is 5.12. The van der Waals surface area contributed by atoms with Crippen molar-refractivity contribution in [3.05, 3.63) is 11.6 Å². The summed E-state index contributed by atoms with van der Waals surface area (Å²) in [4.78, 5) is 4.47. The highest BCUT2D eigenvalue weighted by Crippen LogP contribution is 2.27. The minimum Gasteiger partial charge on any atom is -0.370 e. The molecule has 0 bridgehead atoms. The van der Waals surface area contributed by atoms with E-state index in [-0.39, 0.29) is 11.5 Å². The zero-order chi connectivity index (χ0) is 10.2. The lowest BCUT2D eigenvalue weighted by Crippen LogP contribution is -2.13. The van der Waals surface area contributed by atoms with Crippen LogP contribution in [0.5, 0.6) is 0 Å². The van der Waals surface area contributed by atoms with Gasteiger partial charge < -0.3 is 4.74 Å². The van der Waals surface area contributed by atoms with Crippen LogP contribution in [0.1, 0.15) is 51.4 Å². The smallest absolute Gasteiger partial charge is 0.156 e. The number of nitrogens with zero attached hydrogens (tertiary/aromatic N) is 2. The van der Waals surface area contributed by atoms with Crippen LogP contribution in [0, 0.1) is 0 Å². The number of ether oxygens (including phenoxy) is 1. The van der Waals surface area contributed by atoms with Crippen LogP contribution in [0.3, 0.4) is 0 Å². The fraction of sp³-hybridized carbons (Fsp3) is 0.800. The molecule has 0 amide bonds. The third-order valence-corrected chi connectivity index (χ3v) is 2.41. The molecule has 4 heteroatoms. The van der Waals surface area contributed by atoms with Gasteiger partial charge in [-0.3, -0.25) is 5.10 Å². The van der Waals surface area contributed by atoms with E-state index in [1.54, 1.807) is 0 Å². The second kappa shape index (κ2) is 3.35. The third-order valence-electron chi connectivity index (χ3n) is 2.41. The van der Waals surface area contributed by atoms with Gasteiger partial charge in [0.25, 0.3) is 0 Å². The average Bonchev–Trinajstić information content (AvgIpc) is 2.73. The van der Waals surface area contributed by atoms with E-state index < -0.39 is 0 Å². The molecule has 0 aromatic carbocycles. The number of rotatable bonds is 1. The molecule has 1 aliphatic rings. The summed E-state index contributed by atoms with van der Waals surface area (Å²) < 4.78 is 5.53. The second-order valence-corrected chi connectivity index (χ2v) is 4.80. The van der Waals surface area contributed by atoms with Crippen molar-refractivity contribution >= 4 is 0 Å². The Bertz CT molecular complexity index is 307. The van der Waals surface area contributed by atoms with Gasteiger partial charge in [-0.15, -0.1) is 0 Å². The molecule has 1 aliphatic heterocycles. The maximum Gasteiger partial charge on any atom is 0.156 e. The summed E-state index contributed by atoms with van der Waals surface area (Å²) in [5, 5.41) is 7.18. The summed E-state index contributed by atoms with van der Waals surface area (Å²) >= 11 is 0. The monoisotopic (exact) mass is 195 g/mol. The molecular weight excluding hydrogens is 178 g/mol. The van der Waals surface area contributed by atoms with Crippen molar-refractivity contribution in [2.24, 2.45) is 0 Å². The molecule has 1 unspecified atom stereocenters. The van der Waals surface area contributed by atoms with E-state index in [1.807, 2.05) is 0 Å². The Morgan fingerprint density at radius 2 is 2.21 bits per heavy atom. The number of aromatic amines is 1. The Labute approximate surface area is 84.1 Å². The lowest BCUT2D eigenvalue weighted by molar-refractivity contribution is 0.105. The molecule has 1 aromatic rings. The van der Waals surface area contributed by atoms with Crippen LogP contribution in [0.25, 0.3) is 0 Å². The Kier molecular flexibility index (Phi) is 2.31. The Morgan fingerprint density at radius 3 is 2.71 bits per heavy atom. The van der Waals surface area contributed by atoms with Gasteiger partial charge in [-0.2, -0.15) is 5.10 Å². The molecule has 1 N–H and O–H groups in total. The predicted molar refractivity (Wildman–Crippen MR) is 53.0 cm³/mol. The van der Waals surface area contributed by atoms with Crippen LogP contribution in [-0.4, -0.2) is 21.8 Å². The first-order chi connectivity index (χ1) is 6.57. The van der Waals surface area contributed by atoms with Gasteiger partial charge >= 0.3 is 0 Å². The molecule has 4 nitrogen and oxygen atoms in total. The molecule has 1 aromatic heterocycles. The number of nitrogens with one attached hydrogen (secondary N) is 1. The molecule has 2 rings (SSSR count). The molecule has 1 saturated heterocycles. The highest BCUT2D eigenvalue weighted by molar-refractivity contribution is 5.04. The molecule has 2 heterocycles. The van der Waals surface area contributed by atoms with E-state index >= 15 is 0 Å². The van der Waals surface area contributed by atoms with Gasteiger partial charge in [0.05, 0.1) is 0 Å². The van der Waals surface area contributed by atoms with Crippen molar-refractivity contribution in [2.75, 3.05) is 6.61 Å². The molecule has 0 aliphatic carbocycles. The average molecular weight is 195 g/mol. The van der Waals surface area contributed by atoms with Crippen molar-refractivity contribution in [1.29, 1.82) is 0 Å². The Morgan fingerprint density at radius 1 is 1.43 bits per heavy atom. The van der Waals surface area contributed by atoms with Crippen molar-refractivity contribution in [2.45, 2.75) is 45.1 Å². The Hall–Kier alpha value is -0.900. The van der Waals surface area contributed by atoms with E-state index in [2.05, 4.69) is 36.0 Å². The minimum atomic E-state index is 0.00730. The van der Waals surface area contributed by atoms with Crippen LogP contribution >= 0.6 is 0 Å². The standard InChI is InChI=1S/C10H17N3O/c1-10(2,3)9-11-8(12-13-9)7-5-4-6-14-7/h7H,4-6H2,1-3H3,(H,11,12,13). The molecule has 0 radical (unpaired) electrons. The van der Waals surface area contributed by atoms with Gasteiger partial charge in [-0.1, -0.05) is 20.8 Å². The van der Waals surface area contributed by atoms with E-state index in [0.29, 0.717) is 0 Å². The molecule has 1 fully saturated rings. The topological polar surface area (TPSA) is 50.8 Å². The Balaban J connectivity index is 2.17. The van der Waals surface area contributed by atoms with Crippen molar-refractivity contribution in [3.63, 3.8) is 0 Å². The number of aromatic nitrogens is 3. The van der Waals surface area contributed by atoms with Crippen LogP contribution < -0.4 is 0 Å². The summed E-state index contributed by atoms with van der Waals surface area (Å²) in [6, 6.07) is 0. The van der Waals surface area contributed by atoms with Gasteiger partial charge in [-0.25, -0.2) is 4.98 Å². The van der Waals surface area contributed by atoms with E-state index in [0.717, 1.165) is 31.1 Å². The normalized spacial score (nSPS) is 22.9. The van der Waals surface area contributed by atoms with Crippen LogP contribution in [0.15, 0.2) is 0 Å². The SMILES string of the molecule is CC(C)(C)c1n[nH]c(C2CCCO2)n1. The second-order valence-electron chi connectivity index (χ2n) is 4.80. The largest absolute Gasteiger partial charge is 0.370 e. The summed E-state index contributed by atoms with van der Waals surface area (Å²) in [5.74, 6) is 1.75. The number of hydrogen-bond donors (Lipinski definition) is 1. The van der Waals surface area contributed by atoms with Crippen molar-refractivity contribution in [3.8, 4) is 0 Å². The lowest BCUT2D eigenvalue weighted by Gasteiger charge is -2.12. The van der Waals surface area contributed by atoms with E-state index in [4.69, 9.17) is 4.74 Å². The zero-order valence-electron chi connectivity index (χ0n) is 9.00. The third kappa shape index (κ3) is 1.80. The van der Waals surface area contributed by atoms with Crippen LogP contribution in [0.4, 0.5) is 0 Å². The summed E-state index contributed by atoms with van der Waals surface area (Å²) in [7, 11) is 0. The molecular formula is C10H17N3O. The summed E-state index contributed by atoms with van der Waals surface area (Å²) in [5.41, 5.74) is 0.00730. The first-order valence-corrected chi connectivity index (χ1v) is 5.12. The zero-order valence-corrected chi connectivity index (χ0v) is 9.00. The quantitative estimate of drug-likeness (QED) is 0.745. The molecule has 78 valence electrons. The highest BCUT2D eigenvalue weighted by atomic mass is 16.5. The van der Waals surface area contributed by atoms with Gasteiger partial charge in [0.15, 0.2) is 11.6 Å². The fourth-order valence-electron chi connectivity index (χ4n) is 1.55. The number of hydrogen-bond acceptors (Lipinski definition) is 3. The van der Waals surface area contributed by atoms with Gasteiger partial charge in [0.1, 0.15) is 6.10 Å². The lowest BCUT2D eigenvalue weighted by atomic mass is 9.96. The van der Waals surface area contributed by atoms with Crippen LogP contribution in [0.2, 0.25) is 0 Å². The van der Waals surface area contributed by atoms with Crippen LogP contribution in [-0.2, 0) is 10.2 Å². The molecule has 0 saturated carbocycles. The van der Waals surface area contributed by atoms with Gasteiger partial charge in [-0.05, 0) is 12.8 Å². The number of H-pyrrole nitrogens is 1. The maximum atomic E-state index is 5.53. The summed E-state index contributed by atoms with van der Waals surface area (Å²) in [6.07, 6.45) is 2.31. The van der Waals surface area contributed by atoms with Gasteiger partial charge in [0.2, 0.25) is 0 Å². The fourth-order valence-corrected chi connectivity index (χ4v) is 1.55. The van der Waals surface area contributed by atoms with Crippen molar-refractivity contribution in [1.82, 2.24) is 15.2 Å². The van der Waals surface area contributed by atoms with Gasteiger partial charge in [0, 0.05) is 12.0 Å². The summed E-state index contributed by atoms with van der Waals surface area (Å²) in [6.45, 7) is 7.16. The predicted octanol–water partition coefficient (Wildman–Crippen LogP) is 1.95.